The number of ether oxygens (including phenoxy) is 1. The van der Waals surface area contributed by atoms with Crippen molar-refractivity contribution in [3.8, 4) is 5.75 Å². The molecule has 2 N–H and O–H groups in total. The summed E-state index contributed by atoms with van der Waals surface area (Å²) < 4.78 is 6.00. The lowest BCUT2D eigenvalue weighted by Crippen LogP contribution is -2.33. The predicted molar refractivity (Wildman–Crippen MR) is 101 cm³/mol. The highest BCUT2D eigenvalue weighted by Crippen LogP contribution is 2.46. The third-order valence-corrected chi connectivity index (χ3v) is 5.47. The quantitative estimate of drug-likeness (QED) is 0.878. The van der Waals surface area contributed by atoms with Crippen molar-refractivity contribution in [2.24, 2.45) is 5.73 Å². The van der Waals surface area contributed by atoms with Gasteiger partial charge >= 0.3 is 0 Å². The molecule has 1 aliphatic carbocycles. The zero-order valence-corrected chi connectivity index (χ0v) is 15.6. The third-order valence-electron chi connectivity index (χ3n) is 5.47. The number of hydrogen-bond donors (Lipinski definition) is 1. The van der Waals surface area contributed by atoms with Gasteiger partial charge in [0.1, 0.15) is 12.4 Å². The van der Waals surface area contributed by atoms with E-state index >= 15 is 0 Å². The average molecular weight is 337 g/mol. The maximum absolute atomic E-state index is 11.1. The van der Waals surface area contributed by atoms with E-state index in [1.54, 1.807) is 12.1 Å². The smallest absolute Gasteiger partial charge is 0.248 e. The molecule has 0 aliphatic heterocycles. The van der Waals surface area contributed by atoms with Crippen LogP contribution in [0.25, 0.3) is 0 Å². The van der Waals surface area contributed by atoms with E-state index in [0.29, 0.717) is 12.2 Å². The number of fused-ring (bicyclic) bond motifs is 1. The van der Waals surface area contributed by atoms with Crippen LogP contribution >= 0.6 is 0 Å². The second-order valence-corrected chi connectivity index (χ2v) is 8.33. The molecule has 25 heavy (non-hydrogen) atoms. The summed E-state index contributed by atoms with van der Waals surface area (Å²) in [6.45, 7) is 9.74. The Hall–Kier alpha value is -2.29. The average Bonchev–Trinajstić information content (AvgIpc) is 2.57. The van der Waals surface area contributed by atoms with Gasteiger partial charge in [-0.2, -0.15) is 0 Å². The van der Waals surface area contributed by atoms with Crippen LogP contribution in [0.5, 0.6) is 5.75 Å². The van der Waals surface area contributed by atoms with Crippen molar-refractivity contribution >= 4 is 5.91 Å². The van der Waals surface area contributed by atoms with Crippen molar-refractivity contribution in [2.75, 3.05) is 0 Å². The summed E-state index contributed by atoms with van der Waals surface area (Å²) in [5.74, 6) is 0.482. The molecule has 1 amide bonds. The van der Waals surface area contributed by atoms with Crippen LogP contribution in [0.2, 0.25) is 0 Å². The van der Waals surface area contributed by atoms with Crippen LogP contribution in [0, 0.1) is 0 Å². The fourth-order valence-electron chi connectivity index (χ4n) is 3.59. The Labute approximate surface area is 150 Å². The topological polar surface area (TPSA) is 52.3 Å². The first-order valence-electron chi connectivity index (χ1n) is 8.86. The highest BCUT2D eigenvalue weighted by Gasteiger charge is 2.37. The molecule has 0 heterocycles. The Bertz CT molecular complexity index is 788. The number of nitrogens with two attached hydrogens (primary N) is 1. The van der Waals surface area contributed by atoms with Gasteiger partial charge in [0.05, 0.1) is 0 Å². The Morgan fingerprint density at radius 1 is 0.960 bits per heavy atom. The zero-order valence-electron chi connectivity index (χ0n) is 15.6. The summed E-state index contributed by atoms with van der Waals surface area (Å²) in [5, 5.41) is 0. The van der Waals surface area contributed by atoms with Gasteiger partial charge in [0.2, 0.25) is 5.91 Å². The van der Waals surface area contributed by atoms with Crippen molar-refractivity contribution < 1.29 is 9.53 Å². The van der Waals surface area contributed by atoms with Gasteiger partial charge < -0.3 is 10.5 Å². The maximum Gasteiger partial charge on any atom is 0.248 e. The van der Waals surface area contributed by atoms with E-state index in [1.165, 1.54) is 24.0 Å². The van der Waals surface area contributed by atoms with Gasteiger partial charge in [0.25, 0.3) is 0 Å². The van der Waals surface area contributed by atoms with Crippen LogP contribution in [-0.4, -0.2) is 5.91 Å². The second-order valence-electron chi connectivity index (χ2n) is 8.33. The molecular weight excluding hydrogens is 310 g/mol. The first-order valence-corrected chi connectivity index (χ1v) is 8.86. The molecule has 0 bridgehead atoms. The van der Waals surface area contributed by atoms with Crippen LogP contribution in [0.4, 0.5) is 0 Å². The fourth-order valence-corrected chi connectivity index (χ4v) is 3.59. The van der Waals surface area contributed by atoms with Crippen LogP contribution in [0.3, 0.4) is 0 Å². The van der Waals surface area contributed by atoms with Gasteiger partial charge in [-0.05, 0) is 64.6 Å². The summed E-state index contributed by atoms with van der Waals surface area (Å²) in [4.78, 5) is 11.1. The Kier molecular flexibility index (Phi) is 4.36. The molecule has 132 valence electrons. The number of carbonyl (C=O) groups excluding carboxylic acids is 1. The van der Waals surface area contributed by atoms with E-state index in [2.05, 4.69) is 45.9 Å². The summed E-state index contributed by atoms with van der Waals surface area (Å²) in [6.07, 6.45) is 2.39. The molecule has 0 radical (unpaired) electrons. The third kappa shape index (κ3) is 3.55. The lowest BCUT2D eigenvalue weighted by atomic mass is 9.63. The molecule has 0 aromatic heterocycles. The number of benzene rings is 2. The van der Waals surface area contributed by atoms with E-state index in [-0.39, 0.29) is 10.8 Å². The van der Waals surface area contributed by atoms with E-state index in [4.69, 9.17) is 10.5 Å². The van der Waals surface area contributed by atoms with Gasteiger partial charge in [-0.15, -0.1) is 0 Å². The molecule has 2 aromatic rings. The summed E-state index contributed by atoms with van der Waals surface area (Å²) >= 11 is 0. The molecule has 0 spiro atoms. The molecular formula is C22H27NO2. The zero-order chi connectivity index (χ0) is 18.2. The number of hydrogen-bond acceptors (Lipinski definition) is 2. The molecule has 0 fully saturated rings. The molecule has 0 unspecified atom stereocenters. The van der Waals surface area contributed by atoms with Crippen molar-refractivity contribution in [1.82, 2.24) is 0 Å². The minimum atomic E-state index is -0.410. The van der Waals surface area contributed by atoms with Crippen LogP contribution < -0.4 is 10.5 Å². The van der Waals surface area contributed by atoms with Crippen molar-refractivity contribution in [3.63, 3.8) is 0 Å². The van der Waals surface area contributed by atoms with E-state index in [0.717, 1.165) is 11.3 Å². The molecule has 3 nitrogen and oxygen atoms in total. The van der Waals surface area contributed by atoms with Crippen LogP contribution in [0.15, 0.2) is 42.5 Å². The highest BCUT2D eigenvalue weighted by atomic mass is 16.5. The number of primary amides is 1. The van der Waals surface area contributed by atoms with Gasteiger partial charge in [-0.1, -0.05) is 45.9 Å². The molecule has 2 aromatic carbocycles. The number of amides is 1. The minimum absolute atomic E-state index is 0.174. The number of rotatable bonds is 4. The van der Waals surface area contributed by atoms with Gasteiger partial charge in [0.15, 0.2) is 0 Å². The van der Waals surface area contributed by atoms with Gasteiger partial charge in [0, 0.05) is 5.56 Å². The first kappa shape index (κ1) is 17.5. The summed E-state index contributed by atoms with van der Waals surface area (Å²) in [5.41, 5.74) is 10.0. The fraction of sp³-hybridized carbons (Fsp3) is 0.409. The van der Waals surface area contributed by atoms with Crippen molar-refractivity contribution in [2.45, 2.75) is 58.0 Å². The summed E-state index contributed by atoms with van der Waals surface area (Å²) in [6, 6.07) is 13.7. The highest BCUT2D eigenvalue weighted by molar-refractivity contribution is 5.92. The van der Waals surface area contributed by atoms with Crippen molar-refractivity contribution in [1.29, 1.82) is 0 Å². The molecule has 0 saturated carbocycles. The molecule has 3 heteroatoms. The maximum atomic E-state index is 11.1. The lowest BCUT2D eigenvalue weighted by molar-refractivity contribution is 0.1000. The predicted octanol–water partition coefficient (Wildman–Crippen LogP) is 4.71. The Balaban J connectivity index is 1.79. The lowest BCUT2D eigenvalue weighted by Gasteiger charge is -2.41. The van der Waals surface area contributed by atoms with Crippen LogP contribution in [0.1, 0.15) is 67.6 Å². The number of carbonyl (C=O) groups is 1. The largest absolute Gasteiger partial charge is 0.489 e. The minimum Gasteiger partial charge on any atom is -0.489 e. The normalized spacial score (nSPS) is 17.6. The van der Waals surface area contributed by atoms with E-state index in [9.17, 15) is 4.79 Å². The Morgan fingerprint density at radius 2 is 1.56 bits per heavy atom. The van der Waals surface area contributed by atoms with E-state index in [1.807, 2.05) is 12.1 Å². The van der Waals surface area contributed by atoms with E-state index < -0.39 is 5.91 Å². The second kappa shape index (κ2) is 6.21. The molecule has 3 rings (SSSR count). The summed E-state index contributed by atoms with van der Waals surface area (Å²) in [7, 11) is 0. The SMILES string of the molecule is CC1(C)CCC(C)(C)c2cc(OCc3ccc(C(N)=O)cc3)ccc21. The van der Waals surface area contributed by atoms with Gasteiger partial charge in [-0.25, -0.2) is 0 Å². The van der Waals surface area contributed by atoms with Crippen molar-refractivity contribution in [3.05, 3.63) is 64.7 Å². The molecule has 0 saturated heterocycles. The molecule has 0 atom stereocenters. The molecule has 1 aliphatic rings. The standard InChI is InChI=1S/C22H27NO2/c1-21(2)11-12-22(3,4)19-13-17(9-10-18(19)21)25-14-15-5-7-16(8-6-15)20(23)24/h5-10,13H,11-12,14H2,1-4H3,(H2,23,24). The Morgan fingerprint density at radius 3 is 2.16 bits per heavy atom. The monoisotopic (exact) mass is 337 g/mol. The first-order chi connectivity index (χ1) is 11.7. The van der Waals surface area contributed by atoms with Gasteiger partial charge in [-0.3, -0.25) is 4.79 Å². The van der Waals surface area contributed by atoms with Crippen LogP contribution in [-0.2, 0) is 17.4 Å².